The highest BCUT2D eigenvalue weighted by Gasteiger charge is 2.51. The van der Waals surface area contributed by atoms with Crippen molar-refractivity contribution in [3.8, 4) is 0 Å². The van der Waals surface area contributed by atoms with Gasteiger partial charge in [0.15, 0.2) is 0 Å². The summed E-state index contributed by atoms with van der Waals surface area (Å²) in [6.45, 7) is 8.40. The predicted octanol–water partition coefficient (Wildman–Crippen LogP) is 4.22. The lowest BCUT2D eigenvalue weighted by Crippen LogP contribution is -2.39. The molecule has 0 bridgehead atoms. The molecule has 0 aliphatic heterocycles. The first-order chi connectivity index (χ1) is 15.2. The van der Waals surface area contributed by atoms with Gasteiger partial charge in [0.2, 0.25) is 0 Å². The van der Waals surface area contributed by atoms with Gasteiger partial charge >= 0.3 is 5.97 Å². The van der Waals surface area contributed by atoms with Gasteiger partial charge in [-0.25, -0.2) is 0 Å². The van der Waals surface area contributed by atoms with Crippen molar-refractivity contribution in [2.24, 2.45) is 23.2 Å². The van der Waals surface area contributed by atoms with Crippen molar-refractivity contribution >= 4 is 5.97 Å². The van der Waals surface area contributed by atoms with E-state index in [1.165, 1.54) is 5.57 Å². The van der Waals surface area contributed by atoms with Gasteiger partial charge in [-0.2, -0.15) is 0 Å². The van der Waals surface area contributed by atoms with Crippen LogP contribution in [0.4, 0.5) is 0 Å². The second-order valence-electron chi connectivity index (χ2n) is 11.0. The topological polar surface area (TPSA) is 87.0 Å². The van der Waals surface area contributed by atoms with E-state index in [1.807, 2.05) is 6.92 Å². The first kappa shape index (κ1) is 23.7. The highest BCUT2D eigenvalue weighted by atomic mass is 16.5. The Balaban J connectivity index is 1.43. The molecule has 0 aromatic heterocycles. The number of carbonyl (C=O) groups is 1. The van der Waals surface area contributed by atoms with Crippen molar-refractivity contribution in [1.29, 1.82) is 0 Å². The monoisotopic (exact) mass is 444 g/mol. The average molecular weight is 445 g/mol. The van der Waals surface area contributed by atoms with Crippen LogP contribution in [0.25, 0.3) is 0 Å². The van der Waals surface area contributed by atoms with Crippen molar-refractivity contribution in [1.82, 2.24) is 0 Å². The fourth-order valence-corrected chi connectivity index (χ4v) is 6.67. The second-order valence-corrected chi connectivity index (χ2v) is 11.0. The summed E-state index contributed by atoms with van der Waals surface area (Å²) in [5, 5.41) is 30.2. The van der Waals surface area contributed by atoms with Crippen LogP contribution in [0.5, 0.6) is 0 Å². The fourth-order valence-electron chi connectivity index (χ4n) is 6.67. The van der Waals surface area contributed by atoms with Crippen LogP contribution in [0.15, 0.2) is 35.5 Å². The number of rotatable bonds is 6. The predicted molar refractivity (Wildman–Crippen MR) is 124 cm³/mol. The van der Waals surface area contributed by atoms with Crippen molar-refractivity contribution in [3.05, 3.63) is 35.5 Å². The zero-order valence-corrected chi connectivity index (χ0v) is 19.6. The van der Waals surface area contributed by atoms with Crippen LogP contribution in [-0.4, -0.2) is 45.7 Å². The van der Waals surface area contributed by atoms with E-state index in [0.29, 0.717) is 24.7 Å². The zero-order chi connectivity index (χ0) is 23.0. The van der Waals surface area contributed by atoms with Crippen LogP contribution < -0.4 is 0 Å². The highest BCUT2D eigenvalue weighted by molar-refractivity contribution is 5.70. The molecule has 0 spiro atoms. The number of carbonyl (C=O) groups excluding carboxylic acids is 1. The molecule has 5 heteroatoms. The summed E-state index contributed by atoms with van der Waals surface area (Å²) in [7, 11) is 0. The molecule has 4 saturated carbocycles. The number of ether oxygens (including phenoxy) is 1. The lowest BCUT2D eigenvalue weighted by molar-refractivity contribution is -0.155. The van der Waals surface area contributed by atoms with Gasteiger partial charge in [-0.05, 0) is 86.7 Å². The standard InChI is InChI=1S/C27H40O5/c1-16-20(13-21(28)14-24(16)29)9-6-18-5-4-12-27(3)22(10-11-23(18)27)17(2)32-26(31)15-25(30)19-7-8-19/h6,9,17,19,21-25,28-30H,1,4-5,7-8,10-15H2,2-3H3/b18-6+,20-9-/t17-,21+,22+,23-,24-,25?,27+/m0/s1. The molecule has 4 fully saturated rings. The number of hydrogen-bond acceptors (Lipinski definition) is 5. The second kappa shape index (κ2) is 9.44. The molecule has 0 heterocycles. The fraction of sp³-hybridized carbons (Fsp3) is 0.741. The maximum absolute atomic E-state index is 12.4. The Bertz CT molecular complexity index is 794. The summed E-state index contributed by atoms with van der Waals surface area (Å²) in [6, 6.07) is 0. The number of allylic oxidation sites excluding steroid dienone is 3. The first-order valence-electron chi connectivity index (χ1n) is 12.5. The minimum absolute atomic E-state index is 0.0972. The van der Waals surface area contributed by atoms with E-state index in [2.05, 4.69) is 25.7 Å². The van der Waals surface area contributed by atoms with E-state index in [9.17, 15) is 20.1 Å². The molecule has 1 unspecified atom stereocenters. The van der Waals surface area contributed by atoms with Crippen LogP contribution in [0.3, 0.4) is 0 Å². The lowest BCUT2D eigenvalue weighted by atomic mass is 9.62. The molecule has 0 aromatic rings. The maximum atomic E-state index is 12.4. The first-order valence-corrected chi connectivity index (χ1v) is 12.5. The molecular weight excluding hydrogens is 404 g/mol. The van der Waals surface area contributed by atoms with Crippen molar-refractivity contribution < 1.29 is 24.9 Å². The minimum Gasteiger partial charge on any atom is -0.462 e. The number of esters is 1. The van der Waals surface area contributed by atoms with E-state index in [1.54, 1.807) is 0 Å². The quantitative estimate of drug-likeness (QED) is 0.534. The molecule has 0 aromatic carbocycles. The molecule has 4 aliphatic rings. The number of fused-ring (bicyclic) bond motifs is 1. The van der Waals surface area contributed by atoms with Crippen LogP contribution in [0, 0.1) is 23.2 Å². The van der Waals surface area contributed by atoms with E-state index < -0.39 is 18.3 Å². The molecule has 178 valence electrons. The summed E-state index contributed by atoms with van der Waals surface area (Å²) in [5.41, 5.74) is 3.20. The van der Waals surface area contributed by atoms with Crippen molar-refractivity contribution in [2.45, 2.75) is 102 Å². The molecule has 3 N–H and O–H groups in total. The van der Waals surface area contributed by atoms with Gasteiger partial charge in [0.05, 0.1) is 24.7 Å². The summed E-state index contributed by atoms with van der Waals surface area (Å²) in [4.78, 5) is 12.4. The van der Waals surface area contributed by atoms with Gasteiger partial charge in [0.1, 0.15) is 6.10 Å². The van der Waals surface area contributed by atoms with Crippen molar-refractivity contribution in [2.75, 3.05) is 0 Å². The zero-order valence-electron chi connectivity index (χ0n) is 19.6. The third-order valence-electron chi connectivity index (χ3n) is 8.73. The van der Waals surface area contributed by atoms with E-state index in [0.717, 1.165) is 56.1 Å². The van der Waals surface area contributed by atoms with Crippen LogP contribution in [0.1, 0.15) is 78.1 Å². The molecule has 4 rings (SSSR count). The largest absolute Gasteiger partial charge is 0.462 e. The summed E-state index contributed by atoms with van der Waals surface area (Å²) in [6.07, 6.45) is 10.9. The van der Waals surface area contributed by atoms with Crippen LogP contribution in [0.2, 0.25) is 0 Å². The summed E-state index contributed by atoms with van der Waals surface area (Å²) >= 11 is 0. The average Bonchev–Trinajstić information content (AvgIpc) is 3.51. The van der Waals surface area contributed by atoms with Gasteiger partial charge in [0.25, 0.3) is 0 Å². The highest BCUT2D eigenvalue weighted by Crippen LogP contribution is 2.58. The Morgan fingerprint density at radius 3 is 2.72 bits per heavy atom. The Labute approximate surface area is 192 Å². The van der Waals surface area contributed by atoms with E-state index >= 15 is 0 Å². The van der Waals surface area contributed by atoms with Crippen molar-refractivity contribution in [3.63, 3.8) is 0 Å². The lowest BCUT2D eigenvalue weighted by Gasteiger charge is -2.44. The number of aliphatic hydroxyl groups is 3. The molecule has 4 aliphatic carbocycles. The Kier molecular flexibility index (Phi) is 7.00. The molecule has 0 radical (unpaired) electrons. The maximum Gasteiger partial charge on any atom is 0.308 e. The summed E-state index contributed by atoms with van der Waals surface area (Å²) in [5.74, 6) is 0.796. The van der Waals surface area contributed by atoms with Crippen LogP contribution in [-0.2, 0) is 9.53 Å². The smallest absolute Gasteiger partial charge is 0.308 e. The van der Waals surface area contributed by atoms with E-state index in [4.69, 9.17) is 4.74 Å². The third-order valence-corrected chi connectivity index (χ3v) is 8.73. The van der Waals surface area contributed by atoms with Gasteiger partial charge in [-0.15, -0.1) is 0 Å². The number of aliphatic hydroxyl groups excluding tert-OH is 3. The Morgan fingerprint density at radius 1 is 1.25 bits per heavy atom. The third kappa shape index (κ3) is 4.90. The molecule has 5 nitrogen and oxygen atoms in total. The Hall–Kier alpha value is -1.43. The Morgan fingerprint density at radius 2 is 2.00 bits per heavy atom. The molecule has 7 atom stereocenters. The van der Waals surface area contributed by atoms with Gasteiger partial charge in [-0.3, -0.25) is 4.79 Å². The van der Waals surface area contributed by atoms with Gasteiger partial charge in [-0.1, -0.05) is 31.2 Å². The normalized spacial score (nSPS) is 39.7. The molecule has 32 heavy (non-hydrogen) atoms. The molecule has 0 saturated heterocycles. The minimum atomic E-state index is -0.662. The molecule has 0 amide bonds. The van der Waals surface area contributed by atoms with Gasteiger partial charge in [0, 0.05) is 12.3 Å². The van der Waals surface area contributed by atoms with Crippen LogP contribution >= 0.6 is 0 Å². The molecular formula is C27H40O5. The van der Waals surface area contributed by atoms with Gasteiger partial charge < -0.3 is 20.1 Å². The van der Waals surface area contributed by atoms with E-state index in [-0.39, 0.29) is 29.8 Å². The summed E-state index contributed by atoms with van der Waals surface area (Å²) < 4.78 is 5.83. The SMILES string of the molecule is C=C1/C(=C\C=C2/CCC[C@]3(C)[C@@H]([C@H](C)OC(=O)CC(O)C4CC4)CC[C@@H]23)C[C@@H](O)C[C@@H]1O. The number of hydrogen-bond donors (Lipinski definition) is 3.